The van der Waals surface area contributed by atoms with Gasteiger partial charge >= 0.3 is 0 Å². The van der Waals surface area contributed by atoms with Crippen molar-refractivity contribution in [2.75, 3.05) is 19.1 Å². The van der Waals surface area contributed by atoms with E-state index in [4.69, 9.17) is 13.9 Å². The molecule has 0 N–H and O–H groups in total. The molecular weight excluding hydrogens is 406 g/mol. The van der Waals surface area contributed by atoms with Crippen molar-refractivity contribution >= 4 is 23.6 Å². The fourth-order valence-corrected chi connectivity index (χ4v) is 4.15. The molecule has 0 spiro atoms. The van der Waals surface area contributed by atoms with Crippen LogP contribution in [0.2, 0.25) is 0 Å². The second-order valence-corrected chi connectivity index (χ2v) is 7.85. The monoisotopic (exact) mass is 423 g/mol. The van der Waals surface area contributed by atoms with Gasteiger partial charge in [-0.1, -0.05) is 23.9 Å². The van der Waals surface area contributed by atoms with Crippen LogP contribution < -0.4 is 9.47 Å². The number of fused-ring (bicyclic) bond motifs is 2. The zero-order valence-electron chi connectivity index (χ0n) is 15.9. The molecule has 2 amide bonds. The van der Waals surface area contributed by atoms with E-state index >= 15 is 0 Å². The summed E-state index contributed by atoms with van der Waals surface area (Å²) < 4.78 is 16.4. The first-order chi connectivity index (χ1) is 14.7. The number of imide groups is 1. The van der Waals surface area contributed by atoms with Crippen LogP contribution in [0.4, 0.5) is 0 Å². The molecule has 0 radical (unpaired) electrons. The second kappa shape index (κ2) is 7.83. The van der Waals surface area contributed by atoms with Gasteiger partial charge in [0.25, 0.3) is 17.0 Å². The van der Waals surface area contributed by atoms with Gasteiger partial charge in [-0.25, -0.2) is 0 Å². The number of ether oxygens (including phenoxy) is 2. The van der Waals surface area contributed by atoms with Crippen LogP contribution in [0.25, 0.3) is 11.5 Å². The first kappa shape index (κ1) is 18.7. The second-order valence-electron chi connectivity index (χ2n) is 6.80. The lowest BCUT2D eigenvalue weighted by Crippen LogP contribution is -2.30. The van der Waals surface area contributed by atoms with Gasteiger partial charge in [0, 0.05) is 17.9 Å². The van der Waals surface area contributed by atoms with E-state index in [0.717, 1.165) is 17.7 Å². The van der Waals surface area contributed by atoms with Crippen LogP contribution in [0.1, 0.15) is 33.6 Å². The minimum atomic E-state index is -0.214. The van der Waals surface area contributed by atoms with Crippen molar-refractivity contribution in [1.29, 1.82) is 0 Å². The number of hydrogen-bond donors (Lipinski definition) is 0. The van der Waals surface area contributed by atoms with E-state index in [1.54, 1.807) is 24.3 Å². The van der Waals surface area contributed by atoms with Crippen molar-refractivity contribution in [3.63, 3.8) is 0 Å². The quantitative estimate of drug-likeness (QED) is 0.323. The van der Waals surface area contributed by atoms with Crippen molar-refractivity contribution in [3.8, 4) is 23.0 Å². The molecule has 3 aromatic rings. The number of nitrogens with zero attached hydrogens (tertiary/aromatic N) is 3. The fraction of sp³-hybridized carbons (Fsp3) is 0.238. The largest absolute Gasteiger partial charge is 0.454 e. The summed E-state index contributed by atoms with van der Waals surface area (Å²) in [7, 11) is 0. The smallest absolute Gasteiger partial charge is 0.276 e. The number of amides is 2. The molecule has 2 aliphatic heterocycles. The molecular formula is C21H17N3O5S. The van der Waals surface area contributed by atoms with E-state index in [-0.39, 0.29) is 18.6 Å². The maximum Gasteiger partial charge on any atom is 0.276 e. The Bertz CT molecular complexity index is 1090. The zero-order valence-corrected chi connectivity index (χ0v) is 16.7. The molecule has 0 atom stereocenters. The predicted molar refractivity (Wildman–Crippen MR) is 108 cm³/mol. The Kier molecular flexibility index (Phi) is 4.88. The maximum atomic E-state index is 12.4. The molecule has 152 valence electrons. The molecule has 0 fully saturated rings. The third-order valence-corrected chi connectivity index (χ3v) is 5.81. The summed E-state index contributed by atoms with van der Waals surface area (Å²) in [4.78, 5) is 26.0. The highest BCUT2D eigenvalue weighted by molar-refractivity contribution is 7.99. The van der Waals surface area contributed by atoms with E-state index < -0.39 is 0 Å². The summed E-state index contributed by atoms with van der Waals surface area (Å²) in [6.45, 7) is 0.615. The van der Waals surface area contributed by atoms with Crippen LogP contribution in [-0.2, 0) is 0 Å². The van der Waals surface area contributed by atoms with Crippen LogP contribution in [-0.4, -0.2) is 46.0 Å². The molecule has 0 bridgehead atoms. The molecule has 2 aromatic carbocycles. The molecule has 9 heteroatoms. The van der Waals surface area contributed by atoms with E-state index in [9.17, 15) is 9.59 Å². The molecule has 2 aliphatic rings. The Morgan fingerprint density at radius 2 is 1.70 bits per heavy atom. The van der Waals surface area contributed by atoms with Crippen LogP contribution in [0.3, 0.4) is 0 Å². The molecule has 1 aromatic heterocycles. The summed E-state index contributed by atoms with van der Waals surface area (Å²) in [5.74, 6) is 2.09. The van der Waals surface area contributed by atoms with E-state index in [1.807, 2.05) is 18.2 Å². The molecule has 0 aliphatic carbocycles. The van der Waals surface area contributed by atoms with Gasteiger partial charge in [0.2, 0.25) is 12.7 Å². The minimum absolute atomic E-state index is 0.213. The maximum absolute atomic E-state index is 12.4. The molecule has 0 unspecified atom stereocenters. The van der Waals surface area contributed by atoms with Gasteiger partial charge in [-0.15, -0.1) is 10.2 Å². The first-order valence-electron chi connectivity index (χ1n) is 9.52. The summed E-state index contributed by atoms with van der Waals surface area (Å²) in [6, 6.07) is 12.4. The van der Waals surface area contributed by atoms with Crippen LogP contribution >= 0.6 is 11.8 Å². The molecule has 8 nitrogen and oxygen atoms in total. The average molecular weight is 423 g/mol. The Balaban J connectivity index is 1.11. The van der Waals surface area contributed by atoms with Gasteiger partial charge in [-0.05, 0) is 43.2 Å². The Hall–Kier alpha value is -3.33. The van der Waals surface area contributed by atoms with Gasteiger partial charge in [0.1, 0.15) is 0 Å². The van der Waals surface area contributed by atoms with Crippen LogP contribution in [0.15, 0.2) is 52.1 Å². The Labute approximate surface area is 176 Å². The predicted octanol–water partition coefficient (Wildman–Crippen LogP) is 3.63. The summed E-state index contributed by atoms with van der Waals surface area (Å²) in [5, 5.41) is 8.63. The molecule has 3 heterocycles. The molecule has 0 saturated heterocycles. The molecule has 0 saturated carbocycles. The van der Waals surface area contributed by atoms with Crippen LogP contribution in [0.5, 0.6) is 11.5 Å². The number of hydrogen-bond acceptors (Lipinski definition) is 8. The average Bonchev–Trinajstić information content (AvgIpc) is 3.48. The minimum Gasteiger partial charge on any atom is -0.454 e. The van der Waals surface area contributed by atoms with E-state index in [2.05, 4.69) is 10.2 Å². The van der Waals surface area contributed by atoms with Crippen molar-refractivity contribution in [1.82, 2.24) is 15.1 Å². The summed E-state index contributed by atoms with van der Waals surface area (Å²) in [5.41, 5.74) is 1.74. The number of carbonyl (C=O) groups excluding carboxylic acids is 2. The number of thioether (sulfide) groups is 1. The van der Waals surface area contributed by atoms with Gasteiger partial charge in [0.15, 0.2) is 11.5 Å². The van der Waals surface area contributed by atoms with Crippen molar-refractivity contribution in [2.24, 2.45) is 0 Å². The topological polar surface area (TPSA) is 94.8 Å². The van der Waals surface area contributed by atoms with E-state index in [1.165, 1.54) is 16.7 Å². The number of rotatable bonds is 7. The number of benzene rings is 2. The molecule has 5 rings (SSSR count). The summed E-state index contributed by atoms with van der Waals surface area (Å²) in [6.07, 6.45) is 1.52. The highest BCUT2D eigenvalue weighted by Gasteiger charge is 2.34. The fourth-order valence-electron chi connectivity index (χ4n) is 3.39. The number of unbranched alkanes of at least 4 members (excludes halogenated alkanes) is 1. The Morgan fingerprint density at radius 3 is 2.50 bits per heavy atom. The van der Waals surface area contributed by atoms with Gasteiger partial charge in [-0.3, -0.25) is 14.5 Å². The lowest BCUT2D eigenvalue weighted by atomic mass is 10.1. The van der Waals surface area contributed by atoms with Gasteiger partial charge in [-0.2, -0.15) is 0 Å². The number of carbonyl (C=O) groups is 2. The third-order valence-electron chi connectivity index (χ3n) is 4.91. The Morgan fingerprint density at radius 1 is 0.933 bits per heavy atom. The van der Waals surface area contributed by atoms with Crippen LogP contribution in [0, 0.1) is 0 Å². The van der Waals surface area contributed by atoms with E-state index in [0.29, 0.717) is 46.7 Å². The van der Waals surface area contributed by atoms with Crippen molar-refractivity contribution < 1.29 is 23.5 Å². The molecule has 30 heavy (non-hydrogen) atoms. The highest BCUT2D eigenvalue weighted by atomic mass is 32.2. The highest BCUT2D eigenvalue weighted by Crippen LogP contribution is 2.36. The lowest BCUT2D eigenvalue weighted by Gasteiger charge is -2.13. The van der Waals surface area contributed by atoms with Gasteiger partial charge in [0.05, 0.1) is 11.1 Å². The van der Waals surface area contributed by atoms with Crippen molar-refractivity contribution in [3.05, 3.63) is 53.6 Å². The zero-order chi connectivity index (χ0) is 20.5. The third kappa shape index (κ3) is 3.41. The number of aromatic nitrogens is 2. The lowest BCUT2D eigenvalue weighted by molar-refractivity contribution is 0.0652. The standard InChI is InChI=1S/C21H17N3O5S/c25-19-14-5-1-2-6-15(14)20(26)24(19)9-3-4-10-30-21-23-22-18(29-21)13-7-8-16-17(11-13)28-12-27-16/h1-2,5-8,11H,3-4,9-10,12H2. The van der Waals surface area contributed by atoms with Crippen molar-refractivity contribution in [2.45, 2.75) is 18.1 Å². The SMILES string of the molecule is O=C1c2ccccc2C(=O)N1CCCCSc1nnc(-c2ccc3c(c2)OCO3)o1. The summed E-state index contributed by atoms with van der Waals surface area (Å²) >= 11 is 1.45. The van der Waals surface area contributed by atoms with Gasteiger partial charge < -0.3 is 13.9 Å². The normalized spacial score (nSPS) is 14.5. The first-order valence-corrected chi connectivity index (χ1v) is 10.5.